The Morgan fingerprint density at radius 3 is 2.47 bits per heavy atom. The average Bonchev–Trinajstić information content (AvgIpc) is 2.69. The van der Waals surface area contributed by atoms with Crippen LogP contribution < -0.4 is 0 Å². The van der Waals surface area contributed by atoms with Crippen LogP contribution in [0.25, 0.3) is 0 Å². The Hall–Kier alpha value is -2.10. The minimum absolute atomic E-state index is 0.197. The molecule has 1 heterocycles. The average molecular weight is 259 g/mol. The molecule has 1 N–H and O–H groups in total. The quantitative estimate of drug-likeness (QED) is 0.843. The molecule has 1 aliphatic rings. The highest BCUT2D eigenvalue weighted by molar-refractivity contribution is 5.90. The first-order valence-corrected chi connectivity index (χ1v) is 6.24. The van der Waals surface area contributed by atoms with E-state index in [4.69, 9.17) is 0 Å². The lowest BCUT2D eigenvalue weighted by molar-refractivity contribution is -0.155. The smallest absolute Gasteiger partial charge is 0.334 e. The number of carboxylic acid groups (broad SMARTS) is 1. The van der Waals surface area contributed by atoms with Crippen LogP contribution in [0, 0.1) is 0 Å². The fraction of sp³-hybridized carbons (Fsp3) is 0.333. The maximum absolute atomic E-state index is 11.8. The van der Waals surface area contributed by atoms with Gasteiger partial charge in [-0.15, -0.1) is 0 Å². The summed E-state index contributed by atoms with van der Waals surface area (Å²) in [5, 5.41) is 9.62. The minimum Gasteiger partial charge on any atom is -0.479 e. The van der Waals surface area contributed by atoms with Crippen molar-refractivity contribution >= 4 is 11.9 Å². The van der Waals surface area contributed by atoms with E-state index in [-0.39, 0.29) is 18.4 Å². The molecule has 1 aromatic rings. The summed E-state index contributed by atoms with van der Waals surface area (Å²) in [4.78, 5) is 25.0. The van der Waals surface area contributed by atoms with Gasteiger partial charge < -0.3 is 10.0 Å². The summed E-state index contributed by atoms with van der Waals surface area (Å²) in [6, 6.07) is 9.17. The SMILES string of the molecule is CC(=O)N1C(C)C=C[C@]1(Cc1ccccc1)C(=O)O. The van der Waals surface area contributed by atoms with Gasteiger partial charge in [-0.2, -0.15) is 0 Å². The van der Waals surface area contributed by atoms with Crippen molar-refractivity contribution in [1.29, 1.82) is 0 Å². The van der Waals surface area contributed by atoms with Gasteiger partial charge in [0, 0.05) is 19.4 Å². The maximum Gasteiger partial charge on any atom is 0.334 e. The molecule has 0 aliphatic carbocycles. The predicted molar refractivity (Wildman–Crippen MR) is 71.6 cm³/mol. The van der Waals surface area contributed by atoms with Crippen LogP contribution in [0.3, 0.4) is 0 Å². The van der Waals surface area contributed by atoms with Crippen LogP contribution in [0.15, 0.2) is 42.5 Å². The number of nitrogens with zero attached hydrogens (tertiary/aromatic N) is 1. The molecule has 4 heteroatoms. The van der Waals surface area contributed by atoms with Gasteiger partial charge in [0.05, 0.1) is 0 Å². The molecular formula is C15H17NO3. The zero-order chi connectivity index (χ0) is 14.0. The van der Waals surface area contributed by atoms with E-state index in [0.717, 1.165) is 5.56 Å². The van der Waals surface area contributed by atoms with Gasteiger partial charge in [0.2, 0.25) is 5.91 Å². The Morgan fingerprint density at radius 1 is 1.32 bits per heavy atom. The second kappa shape index (κ2) is 4.88. The van der Waals surface area contributed by atoms with Gasteiger partial charge in [-0.3, -0.25) is 4.79 Å². The number of benzene rings is 1. The highest BCUT2D eigenvalue weighted by Gasteiger charge is 2.48. The molecule has 1 unspecified atom stereocenters. The van der Waals surface area contributed by atoms with Crippen molar-refractivity contribution in [2.45, 2.75) is 31.8 Å². The van der Waals surface area contributed by atoms with Crippen molar-refractivity contribution in [3.8, 4) is 0 Å². The highest BCUT2D eigenvalue weighted by Crippen LogP contribution is 2.31. The summed E-state index contributed by atoms with van der Waals surface area (Å²) in [6.07, 6.45) is 3.69. The van der Waals surface area contributed by atoms with Crippen LogP contribution in [-0.2, 0) is 16.0 Å². The Labute approximate surface area is 112 Å². The fourth-order valence-electron chi connectivity index (χ4n) is 2.70. The molecule has 1 aliphatic heterocycles. The lowest BCUT2D eigenvalue weighted by Crippen LogP contribution is -2.56. The Balaban J connectivity index is 2.41. The highest BCUT2D eigenvalue weighted by atomic mass is 16.4. The van der Waals surface area contributed by atoms with Crippen LogP contribution in [-0.4, -0.2) is 33.5 Å². The Morgan fingerprint density at radius 2 is 1.95 bits per heavy atom. The number of hydrogen-bond acceptors (Lipinski definition) is 2. The van der Waals surface area contributed by atoms with E-state index in [1.54, 1.807) is 12.2 Å². The number of amides is 1. The van der Waals surface area contributed by atoms with E-state index in [0.29, 0.717) is 0 Å². The number of carbonyl (C=O) groups excluding carboxylic acids is 1. The van der Waals surface area contributed by atoms with Crippen LogP contribution >= 0.6 is 0 Å². The summed E-state index contributed by atoms with van der Waals surface area (Å²) >= 11 is 0. The lowest BCUT2D eigenvalue weighted by Gasteiger charge is -2.36. The molecule has 0 aromatic heterocycles. The largest absolute Gasteiger partial charge is 0.479 e. The molecule has 4 nitrogen and oxygen atoms in total. The number of rotatable bonds is 3. The number of aliphatic carboxylic acids is 1. The van der Waals surface area contributed by atoms with Crippen LogP contribution in [0.4, 0.5) is 0 Å². The van der Waals surface area contributed by atoms with E-state index in [1.165, 1.54) is 11.8 Å². The fourth-order valence-corrected chi connectivity index (χ4v) is 2.70. The molecule has 0 spiro atoms. The van der Waals surface area contributed by atoms with E-state index in [9.17, 15) is 14.7 Å². The standard InChI is InChI=1S/C15H17NO3/c1-11-8-9-15(14(18)19,16(11)12(2)17)10-13-6-4-3-5-7-13/h3-9,11H,10H2,1-2H3,(H,18,19)/t11?,15-/m0/s1. The van der Waals surface area contributed by atoms with E-state index < -0.39 is 11.5 Å². The second-order valence-corrected chi connectivity index (χ2v) is 4.88. The first kappa shape index (κ1) is 13.3. The van der Waals surface area contributed by atoms with Gasteiger partial charge in [0.1, 0.15) is 0 Å². The van der Waals surface area contributed by atoms with E-state index in [1.807, 2.05) is 37.3 Å². The van der Waals surface area contributed by atoms with E-state index >= 15 is 0 Å². The van der Waals surface area contributed by atoms with Gasteiger partial charge >= 0.3 is 5.97 Å². The maximum atomic E-state index is 11.8. The van der Waals surface area contributed by atoms with Crippen molar-refractivity contribution in [3.63, 3.8) is 0 Å². The zero-order valence-corrected chi connectivity index (χ0v) is 11.0. The van der Waals surface area contributed by atoms with Crippen molar-refractivity contribution in [1.82, 2.24) is 4.90 Å². The molecule has 1 amide bonds. The molecule has 0 saturated carbocycles. The summed E-state index contributed by atoms with van der Waals surface area (Å²) in [7, 11) is 0. The van der Waals surface area contributed by atoms with Gasteiger partial charge in [0.15, 0.2) is 5.54 Å². The number of hydrogen-bond donors (Lipinski definition) is 1. The topological polar surface area (TPSA) is 57.6 Å². The summed E-state index contributed by atoms with van der Waals surface area (Å²) in [6.45, 7) is 3.24. The van der Waals surface area contributed by atoms with Crippen LogP contribution in [0.2, 0.25) is 0 Å². The molecule has 2 atom stereocenters. The van der Waals surface area contributed by atoms with Crippen molar-refractivity contribution < 1.29 is 14.7 Å². The number of carboxylic acids is 1. The van der Waals surface area contributed by atoms with Gasteiger partial charge in [-0.25, -0.2) is 4.79 Å². The van der Waals surface area contributed by atoms with Crippen LogP contribution in [0.5, 0.6) is 0 Å². The molecule has 2 rings (SSSR count). The normalized spacial score (nSPS) is 25.6. The van der Waals surface area contributed by atoms with Gasteiger partial charge in [0.25, 0.3) is 0 Å². The second-order valence-electron chi connectivity index (χ2n) is 4.88. The lowest BCUT2D eigenvalue weighted by atomic mass is 9.90. The molecule has 0 radical (unpaired) electrons. The van der Waals surface area contributed by atoms with Crippen molar-refractivity contribution in [2.24, 2.45) is 0 Å². The monoisotopic (exact) mass is 259 g/mol. The molecule has 0 saturated heterocycles. The third kappa shape index (κ3) is 2.26. The molecular weight excluding hydrogens is 242 g/mol. The van der Waals surface area contributed by atoms with Crippen molar-refractivity contribution in [2.75, 3.05) is 0 Å². The van der Waals surface area contributed by atoms with Gasteiger partial charge in [-0.05, 0) is 18.6 Å². The first-order chi connectivity index (χ1) is 8.97. The third-order valence-electron chi connectivity index (χ3n) is 3.51. The summed E-state index contributed by atoms with van der Waals surface area (Å²) < 4.78 is 0. The van der Waals surface area contributed by atoms with Gasteiger partial charge in [-0.1, -0.05) is 36.4 Å². The minimum atomic E-state index is -1.27. The Kier molecular flexibility index (Phi) is 3.42. The third-order valence-corrected chi connectivity index (χ3v) is 3.51. The number of carbonyl (C=O) groups is 2. The van der Waals surface area contributed by atoms with E-state index in [2.05, 4.69) is 0 Å². The molecule has 1 aromatic carbocycles. The predicted octanol–water partition coefficient (Wildman–Crippen LogP) is 1.86. The Bertz CT molecular complexity index is 523. The first-order valence-electron chi connectivity index (χ1n) is 6.24. The molecule has 100 valence electrons. The summed E-state index contributed by atoms with van der Waals surface area (Å²) in [5.74, 6) is -1.22. The van der Waals surface area contributed by atoms with Crippen molar-refractivity contribution in [3.05, 3.63) is 48.0 Å². The molecule has 19 heavy (non-hydrogen) atoms. The molecule has 0 fully saturated rings. The molecule has 0 bridgehead atoms. The summed E-state index contributed by atoms with van der Waals surface area (Å²) in [5.41, 5.74) is -0.373. The van der Waals surface area contributed by atoms with Crippen LogP contribution in [0.1, 0.15) is 19.4 Å². The zero-order valence-electron chi connectivity index (χ0n) is 11.0.